The Labute approximate surface area is 201 Å². The Bertz CT molecular complexity index is 896. The van der Waals surface area contributed by atoms with E-state index in [1.54, 1.807) is 0 Å². The van der Waals surface area contributed by atoms with Crippen molar-refractivity contribution in [2.75, 3.05) is 13.1 Å². The zero-order valence-electron chi connectivity index (χ0n) is 18.3. The first-order valence-corrected chi connectivity index (χ1v) is 13.4. The molecule has 1 aromatic carbocycles. The normalized spacial score (nSPS) is 29.8. The minimum Gasteiger partial charge on any atom is -0.392 e. The van der Waals surface area contributed by atoms with Gasteiger partial charge >= 0.3 is 0 Å². The van der Waals surface area contributed by atoms with Crippen LogP contribution in [-0.2, 0) is 15.8 Å². The van der Waals surface area contributed by atoms with Crippen molar-refractivity contribution in [2.24, 2.45) is 11.3 Å². The lowest BCUT2D eigenvalue weighted by Gasteiger charge is -2.36. The zero-order valence-corrected chi connectivity index (χ0v) is 20.6. The number of amides is 1. The molecule has 5 atom stereocenters. The topological polar surface area (TPSA) is 69.6 Å². The Morgan fingerprint density at radius 1 is 1.25 bits per heavy atom. The average Bonchev–Trinajstić information content (AvgIpc) is 3.51. The number of aliphatic hydroxyl groups is 1. The van der Waals surface area contributed by atoms with Crippen molar-refractivity contribution in [3.63, 3.8) is 0 Å². The van der Waals surface area contributed by atoms with Crippen molar-refractivity contribution < 1.29 is 18.5 Å². The highest BCUT2D eigenvalue weighted by Gasteiger charge is 2.44. The van der Waals surface area contributed by atoms with Gasteiger partial charge in [0.05, 0.1) is 33.4 Å². The molecule has 5 unspecified atom stereocenters. The molecule has 1 saturated heterocycles. The number of benzene rings is 1. The lowest BCUT2D eigenvalue weighted by atomic mass is 9.76. The molecule has 0 bridgehead atoms. The van der Waals surface area contributed by atoms with Gasteiger partial charge in [-0.3, -0.25) is 4.79 Å². The molecule has 3 aliphatic rings. The second-order valence-corrected chi connectivity index (χ2v) is 12.2. The average molecular weight is 505 g/mol. The maximum absolute atomic E-state index is 14.9. The van der Waals surface area contributed by atoms with Gasteiger partial charge in [-0.1, -0.05) is 43.0 Å². The van der Waals surface area contributed by atoms with Crippen LogP contribution in [0.5, 0.6) is 0 Å². The number of nitrogens with one attached hydrogen (secondary N) is 1. The molecule has 5 nitrogen and oxygen atoms in total. The smallest absolute Gasteiger partial charge is 0.224 e. The minimum atomic E-state index is -1.30. The van der Waals surface area contributed by atoms with Gasteiger partial charge in [-0.15, -0.1) is 0 Å². The number of carbonyl (C=O) groups excluding carboxylic acids is 1. The van der Waals surface area contributed by atoms with Gasteiger partial charge < -0.3 is 10.4 Å². The molecule has 1 amide bonds. The van der Waals surface area contributed by atoms with Crippen molar-refractivity contribution in [3.8, 4) is 0 Å². The Balaban J connectivity index is 1.51. The Hall–Kier alpha value is -0.730. The molecule has 9 heteroatoms. The highest BCUT2D eigenvalue weighted by atomic mass is 35.5. The van der Waals surface area contributed by atoms with Crippen LogP contribution in [0, 0.1) is 17.2 Å². The summed E-state index contributed by atoms with van der Waals surface area (Å²) in [7, 11) is -1.30. The predicted octanol–water partition coefficient (Wildman–Crippen LogP) is 4.77. The van der Waals surface area contributed by atoms with Crippen molar-refractivity contribution in [1.29, 1.82) is 0 Å². The van der Waals surface area contributed by atoms with E-state index in [-0.39, 0.29) is 38.1 Å². The van der Waals surface area contributed by atoms with E-state index in [1.807, 2.05) is 4.31 Å². The molecule has 178 valence electrons. The van der Waals surface area contributed by atoms with Crippen molar-refractivity contribution in [2.45, 2.75) is 75.7 Å². The third-order valence-electron chi connectivity index (χ3n) is 7.55. The second kappa shape index (κ2) is 9.87. The standard InChI is InChI=1S/C23H31Cl2FN2O3S/c1-23(10-2-3-11-23)21(19-16(26)8-7-15(24)20(19)25)27-22(30)14-9-12-28(13-14)32(31)18-6-4-5-17(18)29/h7-8,14,17-18,21,29H,2-6,9-13H2,1H3,(H,27,30). The number of hydrogen-bond donors (Lipinski definition) is 2. The third-order valence-corrected chi connectivity index (χ3v) is 10.3. The molecule has 1 aromatic rings. The molecule has 2 aliphatic carbocycles. The van der Waals surface area contributed by atoms with Crippen LogP contribution in [0.4, 0.5) is 4.39 Å². The molecule has 0 radical (unpaired) electrons. The van der Waals surface area contributed by atoms with Gasteiger partial charge in [0.1, 0.15) is 16.8 Å². The maximum atomic E-state index is 14.9. The minimum absolute atomic E-state index is 0.148. The quantitative estimate of drug-likeness (QED) is 0.548. The molecule has 0 aromatic heterocycles. The molecule has 1 aliphatic heterocycles. The van der Waals surface area contributed by atoms with Crippen LogP contribution in [0.15, 0.2) is 12.1 Å². The van der Waals surface area contributed by atoms with E-state index in [2.05, 4.69) is 12.2 Å². The van der Waals surface area contributed by atoms with E-state index >= 15 is 0 Å². The van der Waals surface area contributed by atoms with Crippen LogP contribution in [-0.4, -0.2) is 44.0 Å². The fourth-order valence-corrected chi connectivity index (χ4v) is 7.77. The van der Waals surface area contributed by atoms with Crippen LogP contribution in [0.1, 0.15) is 69.9 Å². The van der Waals surface area contributed by atoms with E-state index in [0.717, 1.165) is 38.5 Å². The summed E-state index contributed by atoms with van der Waals surface area (Å²) in [5, 5.41) is 13.4. The summed E-state index contributed by atoms with van der Waals surface area (Å²) in [6, 6.07) is 2.15. The fraction of sp³-hybridized carbons (Fsp3) is 0.696. The van der Waals surface area contributed by atoms with E-state index < -0.39 is 28.9 Å². The van der Waals surface area contributed by atoms with Gasteiger partial charge in [0, 0.05) is 18.7 Å². The van der Waals surface area contributed by atoms with Crippen LogP contribution in [0.3, 0.4) is 0 Å². The molecule has 32 heavy (non-hydrogen) atoms. The largest absolute Gasteiger partial charge is 0.392 e. The summed E-state index contributed by atoms with van der Waals surface area (Å²) < 4.78 is 29.7. The van der Waals surface area contributed by atoms with Crippen LogP contribution >= 0.6 is 23.2 Å². The van der Waals surface area contributed by atoms with Crippen molar-refractivity contribution in [1.82, 2.24) is 9.62 Å². The lowest BCUT2D eigenvalue weighted by molar-refractivity contribution is -0.126. The molecule has 1 heterocycles. The Morgan fingerprint density at radius 3 is 2.62 bits per heavy atom. The van der Waals surface area contributed by atoms with Crippen LogP contribution < -0.4 is 5.32 Å². The van der Waals surface area contributed by atoms with Gasteiger partial charge in [0.2, 0.25) is 5.91 Å². The number of rotatable bonds is 6. The molecule has 3 fully saturated rings. The Kier molecular flexibility index (Phi) is 7.52. The van der Waals surface area contributed by atoms with Gasteiger partial charge in [-0.2, -0.15) is 0 Å². The molecule has 2 saturated carbocycles. The number of nitrogens with zero attached hydrogens (tertiary/aromatic N) is 1. The molecule has 2 N–H and O–H groups in total. The second-order valence-electron chi connectivity index (χ2n) is 9.75. The summed E-state index contributed by atoms with van der Waals surface area (Å²) in [5.41, 5.74) is -0.0655. The highest BCUT2D eigenvalue weighted by Crippen LogP contribution is 2.50. The molecular weight excluding hydrogens is 474 g/mol. The number of aliphatic hydroxyl groups excluding tert-OH is 1. The predicted molar refractivity (Wildman–Crippen MR) is 125 cm³/mol. The van der Waals surface area contributed by atoms with Gasteiger partial charge in [0.25, 0.3) is 0 Å². The molecule has 0 spiro atoms. The van der Waals surface area contributed by atoms with Gasteiger partial charge in [-0.05, 0) is 56.1 Å². The van der Waals surface area contributed by atoms with E-state index in [4.69, 9.17) is 23.2 Å². The summed E-state index contributed by atoms with van der Waals surface area (Å²) in [6.07, 6.45) is 6.10. The Morgan fingerprint density at radius 2 is 1.97 bits per heavy atom. The summed E-state index contributed by atoms with van der Waals surface area (Å²) in [5.74, 6) is -0.988. The van der Waals surface area contributed by atoms with E-state index in [9.17, 15) is 18.5 Å². The van der Waals surface area contributed by atoms with Crippen molar-refractivity contribution in [3.05, 3.63) is 33.6 Å². The highest BCUT2D eigenvalue weighted by molar-refractivity contribution is 7.83. The van der Waals surface area contributed by atoms with Gasteiger partial charge in [0.15, 0.2) is 0 Å². The molecular formula is C23H31Cl2FN2O3S. The molecule has 4 rings (SSSR count). The SMILES string of the molecule is CC1(C(NC(=O)C2CCN(S(=O)C3CCCC3O)C2)c2c(F)ccc(Cl)c2Cl)CCCC1. The summed E-state index contributed by atoms with van der Waals surface area (Å²) in [6.45, 7) is 2.98. The third kappa shape index (κ3) is 4.74. The summed E-state index contributed by atoms with van der Waals surface area (Å²) >= 11 is 12.6. The van der Waals surface area contributed by atoms with Crippen LogP contribution in [0.25, 0.3) is 0 Å². The first-order chi connectivity index (χ1) is 15.2. The monoisotopic (exact) mass is 504 g/mol. The van der Waals surface area contributed by atoms with E-state index in [1.165, 1.54) is 12.1 Å². The zero-order chi connectivity index (χ0) is 23.0. The van der Waals surface area contributed by atoms with Crippen LogP contribution in [0.2, 0.25) is 10.0 Å². The maximum Gasteiger partial charge on any atom is 0.224 e. The van der Waals surface area contributed by atoms with Gasteiger partial charge in [-0.25, -0.2) is 12.9 Å². The first-order valence-electron chi connectivity index (χ1n) is 11.5. The number of hydrogen-bond acceptors (Lipinski definition) is 3. The summed E-state index contributed by atoms with van der Waals surface area (Å²) in [4.78, 5) is 13.3. The number of halogens is 3. The fourth-order valence-electron chi connectivity index (χ4n) is 5.57. The first kappa shape index (κ1) is 24.4. The lowest BCUT2D eigenvalue weighted by Crippen LogP contribution is -2.43. The number of carbonyl (C=O) groups is 1. The van der Waals surface area contributed by atoms with E-state index in [0.29, 0.717) is 25.9 Å². The van der Waals surface area contributed by atoms with Crippen molar-refractivity contribution >= 4 is 40.1 Å².